The van der Waals surface area contributed by atoms with Gasteiger partial charge in [0.05, 0.1) is 0 Å². The lowest BCUT2D eigenvalue weighted by atomic mass is 10.0. The summed E-state index contributed by atoms with van der Waals surface area (Å²) in [5, 5.41) is 4.55. The number of aryl methyl sites for hydroxylation is 2. The van der Waals surface area contributed by atoms with Gasteiger partial charge in [-0.05, 0) is 60.7 Å². The van der Waals surface area contributed by atoms with Gasteiger partial charge in [-0.25, -0.2) is 0 Å². The second-order valence-electron chi connectivity index (χ2n) is 3.66. The molecule has 2 rings (SSSR count). The van der Waals surface area contributed by atoms with E-state index in [1.54, 1.807) is 0 Å². The summed E-state index contributed by atoms with van der Waals surface area (Å²) < 4.78 is 0. The van der Waals surface area contributed by atoms with E-state index in [0.717, 1.165) is 0 Å². The van der Waals surface area contributed by atoms with Gasteiger partial charge < -0.3 is 0 Å². The second-order valence-corrected chi connectivity index (χ2v) is 5.83. The van der Waals surface area contributed by atoms with E-state index in [0.29, 0.717) is 0 Å². The third-order valence-corrected chi connectivity index (χ3v) is 4.89. The molecule has 0 aliphatic rings. The zero-order valence-corrected chi connectivity index (χ0v) is 10.6. The van der Waals surface area contributed by atoms with Crippen LogP contribution in [0.1, 0.15) is 20.9 Å². The van der Waals surface area contributed by atoms with Crippen molar-refractivity contribution in [2.75, 3.05) is 0 Å². The van der Waals surface area contributed by atoms with Crippen LogP contribution in [0.3, 0.4) is 0 Å². The van der Waals surface area contributed by atoms with Gasteiger partial charge in [-0.1, -0.05) is 0 Å². The molecule has 0 saturated carbocycles. The molecule has 0 amide bonds. The first-order valence-electron chi connectivity index (χ1n) is 4.71. The Balaban J connectivity index is 2.60. The highest BCUT2D eigenvalue weighted by atomic mass is 32.1. The van der Waals surface area contributed by atoms with Crippen molar-refractivity contribution in [2.45, 2.75) is 27.7 Å². The number of hydrogen-bond acceptors (Lipinski definition) is 2. The van der Waals surface area contributed by atoms with Gasteiger partial charge in [0.2, 0.25) is 0 Å². The fourth-order valence-corrected chi connectivity index (χ4v) is 3.33. The van der Waals surface area contributed by atoms with Crippen molar-refractivity contribution in [3.05, 3.63) is 31.6 Å². The van der Waals surface area contributed by atoms with Crippen LogP contribution in [0.4, 0.5) is 0 Å². The van der Waals surface area contributed by atoms with Crippen LogP contribution in [0.2, 0.25) is 0 Å². The van der Waals surface area contributed by atoms with Crippen molar-refractivity contribution in [2.24, 2.45) is 0 Å². The molecular weight excluding hydrogens is 208 g/mol. The molecule has 0 radical (unpaired) electrons. The first kappa shape index (κ1) is 9.94. The normalized spacial score (nSPS) is 10.9. The van der Waals surface area contributed by atoms with Crippen molar-refractivity contribution >= 4 is 22.7 Å². The lowest BCUT2D eigenvalue weighted by Crippen LogP contribution is -1.79. The minimum atomic E-state index is 1.43. The van der Waals surface area contributed by atoms with Gasteiger partial charge >= 0.3 is 0 Å². The van der Waals surface area contributed by atoms with Crippen LogP contribution in [0.25, 0.3) is 11.1 Å². The molecule has 2 aromatic rings. The summed E-state index contributed by atoms with van der Waals surface area (Å²) >= 11 is 3.70. The Morgan fingerprint density at radius 1 is 0.714 bits per heavy atom. The number of hydrogen-bond donors (Lipinski definition) is 0. The minimum Gasteiger partial charge on any atom is -0.148 e. The predicted octanol–water partition coefficient (Wildman–Crippen LogP) is 4.71. The molecule has 0 aliphatic heterocycles. The molecule has 2 heteroatoms. The third-order valence-electron chi connectivity index (χ3n) is 2.86. The first-order valence-corrected chi connectivity index (χ1v) is 6.47. The summed E-state index contributed by atoms with van der Waals surface area (Å²) in [7, 11) is 0. The van der Waals surface area contributed by atoms with Gasteiger partial charge in [-0.2, -0.15) is 0 Å². The summed E-state index contributed by atoms with van der Waals surface area (Å²) in [5.41, 5.74) is 5.73. The quantitative estimate of drug-likeness (QED) is 0.655. The Labute approximate surface area is 93.2 Å². The zero-order valence-electron chi connectivity index (χ0n) is 8.97. The molecule has 14 heavy (non-hydrogen) atoms. The molecule has 0 aromatic carbocycles. The molecule has 2 heterocycles. The summed E-state index contributed by atoms with van der Waals surface area (Å²) in [6.45, 7) is 8.82. The summed E-state index contributed by atoms with van der Waals surface area (Å²) in [6.07, 6.45) is 0. The molecule has 2 aromatic heterocycles. The maximum absolute atomic E-state index is 2.28. The van der Waals surface area contributed by atoms with Crippen molar-refractivity contribution < 1.29 is 0 Å². The zero-order chi connectivity index (χ0) is 10.3. The minimum absolute atomic E-state index is 1.43. The predicted molar refractivity (Wildman–Crippen MR) is 66.6 cm³/mol. The average molecular weight is 222 g/mol. The Morgan fingerprint density at radius 3 is 1.29 bits per heavy atom. The van der Waals surface area contributed by atoms with E-state index in [1.165, 1.54) is 32.0 Å². The molecule has 0 atom stereocenters. The standard InChI is InChI=1S/C12H14S2/c1-7-9(3)13-5-11(7)12-6-14-10(4)8(12)2/h5-6H,1-4H3. The molecule has 0 unspecified atom stereocenters. The largest absolute Gasteiger partial charge is 0.148 e. The fourth-order valence-electron chi connectivity index (χ4n) is 1.56. The Hall–Kier alpha value is -0.600. The van der Waals surface area contributed by atoms with E-state index < -0.39 is 0 Å². The molecule has 0 fully saturated rings. The topological polar surface area (TPSA) is 0 Å². The molecule has 74 valence electrons. The van der Waals surface area contributed by atoms with E-state index in [4.69, 9.17) is 0 Å². The number of thiophene rings is 2. The average Bonchev–Trinajstić information content (AvgIpc) is 2.63. The van der Waals surface area contributed by atoms with Crippen molar-refractivity contribution in [3.8, 4) is 11.1 Å². The highest BCUT2D eigenvalue weighted by Gasteiger charge is 2.11. The maximum Gasteiger partial charge on any atom is 0.00497 e. The third kappa shape index (κ3) is 1.43. The van der Waals surface area contributed by atoms with Gasteiger partial charge in [0, 0.05) is 9.75 Å². The molecular formula is C12H14S2. The molecule has 0 N–H and O–H groups in total. The Kier molecular flexibility index (Phi) is 2.50. The van der Waals surface area contributed by atoms with Crippen molar-refractivity contribution in [3.63, 3.8) is 0 Å². The van der Waals surface area contributed by atoms with Crippen LogP contribution < -0.4 is 0 Å². The van der Waals surface area contributed by atoms with E-state index in [2.05, 4.69) is 38.5 Å². The highest BCUT2D eigenvalue weighted by molar-refractivity contribution is 7.11. The van der Waals surface area contributed by atoms with Crippen LogP contribution in [0, 0.1) is 27.7 Å². The van der Waals surface area contributed by atoms with Gasteiger partial charge in [0.25, 0.3) is 0 Å². The smallest absolute Gasteiger partial charge is 0.00497 e. The summed E-state index contributed by atoms with van der Waals surface area (Å²) in [6, 6.07) is 0. The van der Waals surface area contributed by atoms with E-state index in [-0.39, 0.29) is 0 Å². The van der Waals surface area contributed by atoms with Crippen molar-refractivity contribution in [1.82, 2.24) is 0 Å². The van der Waals surface area contributed by atoms with Crippen molar-refractivity contribution in [1.29, 1.82) is 0 Å². The Bertz CT molecular complexity index is 416. The van der Waals surface area contributed by atoms with Crippen LogP contribution in [0.15, 0.2) is 10.8 Å². The summed E-state index contributed by atoms with van der Waals surface area (Å²) in [4.78, 5) is 2.87. The maximum atomic E-state index is 2.28. The van der Waals surface area contributed by atoms with Crippen LogP contribution in [-0.4, -0.2) is 0 Å². The molecule has 0 nitrogen and oxygen atoms in total. The fraction of sp³-hybridized carbons (Fsp3) is 0.333. The highest BCUT2D eigenvalue weighted by Crippen LogP contribution is 2.36. The Morgan fingerprint density at radius 2 is 1.07 bits per heavy atom. The molecule has 0 saturated heterocycles. The van der Waals surface area contributed by atoms with Crippen LogP contribution >= 0.6 is 22.7 Å². The number of rotatable bonds is 1. The molecule has 0 aliphatic carbocycles. The monoisotopic (exact) mass is 222 g/mol. The molecule has 0 spiro atoms. The van der Waals surface area contributed by atoms with E-state index in [9.17, 15) is 0 Å². The van der Waals surface area contributed by atoms with Gasteiger partial charge in [0.15, 0.2) is 0 Å². The lowest BCUT2D eigenvalue weighted by molar-refractivity contribution is 1.40. The van der Waals surface area contributed by atoms with Gasteiger partial charge in [-0.3, -0.25) is 0 Å². The van der Waals surface area contributed by atoms with Gasteiger partial charge in [0.1, 0.15) is 0 Å². The van der Waals surface area contributed by atoms with E-state index in [1.807, 2.05) is 22.7 Å². The van der Waals surface area contributed by atoms with Crippen LogP contribution in [0.5, 0.6) is 0 Å². The van der Waals surface area contributed by atoms with E-state index >= 15 is 0 Å². The summed E-state index contributed by atoms with van der Waals surface area (Å²) in [5.74, 6) is 0. The van der Waals surface area contributed by atoms with Gasteiger partial charge in [-0.15, -0.1) is 22.7 Å². The molecule has 0 bridgehead atoms. The van der Waals surface area contributed by atoms with Crippen LogP contribution in [-0.2, 0) is 0 Å². The SMILES string of the molecule is Cc1scc(-c2csc(C)c2C)c1C. The lowest BCUT2D eigenvalue weighted by Gasteiger charge is -2.00. The second kappa shape index (κ2) is 3.52. The first-order chi connectivity index (χ1) is 6.61.